The molecule has 1 saturated carbocycles. The molecule has 1 aromatic carbocycles. The van der Waals surface area contributed by atoms with Crippen LogP contribution >= 0.6 is 0 Å². The Hall–Kier alpha value is -3.22. The number of benzene rings is 1. The molecule has 0 unspecified atom stereocenters. The van der Waals surface area contributed by atoms with Gasteiger partial charge in [-0.25, -0.2) is 14.8 Å². The summed E-state index contributed by atoms with van der Waals surface area (Å²) in [6.07, 6.45) is 6.13. The van der Waals surface area contributed by atoms with Gasteiger partial charge in [0.1, 0.15) is 12.0 Å². The molecule has 3 aromatic heterocycles. The van der Waals surface area contributed by atoms with Gasteiger partial charge in [-0.05, 0) is 37.1 Å². The Bertz CT molecular complexity index is 1100. The molecule has 1 aliphatic rings. The zero-order valence-electron chi connectivity index (χ0n) is 12.6. The first kappa shape index (κ1) is 13.2. The van der Waals surface area contributed by atoms with Crippen molar-refractivity contribution in [2.75, 3.05) is 0 Å². The average Bonchev–Trinajstić information content (AvgIpc) is 3.22. The first-order valence-electron chi connectivity index (χ1n) is 7.77. The fourth-order valence-corrected chi connectivity index (χ4v) is 2.98. The molecule has 0 radical (unpaired) electrons. The van der Waals surface area contributed by atoms with Crippen LogP contribution in [0.3, 0.4) is 0 Å². The van der Waals surface area contributed by atoms with Crippen LogP contribution in [0.4, 0.5) is 0 Å². The van der Waals surface area contributed by atoms with Crippen molar-refractivity contribution in [3.63, 3.8) is 0 Å². The van der Waals surface area contributed by atoms with Gasteiger partial charge in [0.05, 0.1) is 5.69 Å². The third kappa shape index (κ3) is 2.13. The highest BCUT2D eigenvalue weighted by molar-refractivity contribution is 5.85. The van der Waals surface area contributed by atoms with E-state index < -0.39 is 5.76 Å². The van der Waals surface area contributed by atoms with Crippen molar-refractivity contribution >= 4 is 10.9 Å². The molecular formula is C17H13N5O2. The quantitative estimate of drug-likeness (QED) is 0.627. The molecule has 7 nitrogen and oxygen atoms in total. The maximum atomic E-state index is 11.1. The van der Waals surface area contributed by atoms with E-state index in [2.05, 4.69) is 59.7 Å². The van der Waals surface area contributed by atoms with E-state index in [9.17, 15) is 4.79 Å². The van der Waals surface area contributed by atoms with Crippen LogP contribution in [-0.2, 0) is 0 Å². The fourth-order valence-electron chi connectivity index (χ4n) is 2.98. The van der Waals surface area contributed by atoms with Gasteiger partial charge in [-0.1, -0.05) is 11.2 Å². The maximum Gasteiger partial charge on any atom is 0.439 e. The zero-order chi connectivity index (χ0) is 16.1. The third-order valence-electron chi connectivity index (χ3n) is 4.31. The first-order chi connectivity index (χ1) is 11.8. The number of aromatic nitrogens is 5. The second kappa shape index (κ2) is 4.89. The predicted octanol–water partition coefficient (Wildman–Crippen LogP) is 2.78. The van der Waals surface area contributed by atoms with E-state index in [0.29, 0.717) is 17.6 Å². The number of fused-ring (bicyclic) bond motifs is 1. The van der Waals surface area contributed by atoms with Gasteiger partial charge in [0.15, 0.2) is 0 Å². The van der Waals surface area contributed by atoms with Crippen molar-refractivity contribution in [3.05, 3.63) is 53.4 Å². The second-order valence-corrected chi connectivity index (χ2v) is 5.96. The van der Waals surface area contributed by atoms with E-state index >= 15 is 0 Å². The summed E-state index contributed by atoms with van der Waals surface area (Å²) in [5.41, 5.74) is 3.52. The van der Waals surface area contributed by atoms with E-state index in [0.717, 1.165) is 11.3 Å². The van der Waals surface area contributed by atoms with Gasteiger partial charge in [-0.2, -0.15) is 0 Å². The number of hydrogen-bond donors (Lipinski definition) is 1. The van der Waals surface area contributed by atoms with E-state index in [1.165, 1.54) is 30.1 Å². The highest BCUT2D eigenvalue weighted by Crippen LogP contribution is 2.38. The van der Waals surface area contributed by atoms with Crippen LogP contribution in [0, 0.1) is 0 Å². The minimum absolute atomic E-state index is 0.296. The molecule has 1 N–H and O–H groups in total. The molecule has 1 fully saturated rings. The van der Waals surface area contributed by atoms with E-state index in [-0.39, 0.29) is 0 Å². The first-order valence-corrected chi connectivity index (χ1v) is 7.77. The molecule has 0 bridgehead atoms. The summed E-state index contributed by atoms with van der Waals surface area (Å²) in [4.78, 5) is 22.1. The van der Waals surface area contributed by atoms with E-state index in [1.807, 2.05) is 0 Å². The molecule has 0 spiro atoms. The number of aromatic amines is 1. The van der Waals surface area contributed by atoms with Gasteiger partial charge in [-0.15, -0.1) is 0 Å². The van der Waals surface area contributed by atoms with Crippen molar-refractivity contribution in [2.45, 2.75) is 18.9 Å². The average molecular weight is 319 g/mol. The predicted molar refractivity (Wildman–Crippen MR) is 87.4 cm³/mol. The molecule has 0 saturated heterocycles. The van der Waals surface area contributed by atoms with Crippen molar-refractivity contribution in [3.8, 4) is 22.8 Å². The highest BCUT2D eigenvalue weighted by atomic mass is 16.5. The van der Waals surface area contributed by atoms with Crippen LogP contribution in [-0.4, -0.2) is 24.7 Å². The number of nitrogens with one attached hydrogen (secondary N) is 1. The largest absolute Gasteiger partial charge is 0.439 e. The topological polar surface area (TPSA) is 89.6 Å². The van der Waals surface area contributed by atoms with Crippen molar-refractivity contribution in [1.82, 2.24) is 24.7 Å². The van der Waals surface area contributed by atoms with Crippen molar-refractivity contribution < 1.29 is 4.52 Å². The summed E-state index contributed by atoms with van der Waals surface area (Å²) in [6, 6.07) is 10.9. The molecule has 0 atom stereocenters. The van der Waals surface area contributed by atoms with Gasteiger partial charge in [0, 0.05) is 28.7 Å². The SMILES string of the molecule is O=c1[nH]c(-c2cc(-c3ccc4c(ccn4C4CC4)c3)ncn2)no1. The third-order valence-corrected chi connectivity index (χ3v) is 4.31. The molecule has 4 aromatic rings. The molecule has 0 amide bonds. The van der Waals surface area contributed by atoms with Crippen LogP contribution in [0.1, 0.15) is 18.9 Å². The highest BCUT2D eigenvalue weighted by Gasteiger charge is 2.24. The van der Waals surface area contributed by atoms with Gasteiger partial charge < -0.3 is 4.57 Å². The summed E-state index contributed by atoms with van der Waals surface area (Å²) in [6.45, 7) is 0. The molecule has 5 rings (SSSR count). The number of nitrogens with zero attached hydrogens (tertiary/aromatic N) is 4. The van der Waals surface area contributed by atoms with E-state index in [1.54, 1.807) is 6.07 Å². The summed E-state index contributed by atoms with van der Waals surface area (Å²) in [5.74, 6) is -0.308. The maximum absolute atomic E-state index is 11.1. The van der Waals surface area contributed by atoms with Crippen LogP contribution in [0.5, 0.6) is 0 Å². The lowest BCUT2D eigenvalue weighted by molar-refractivity contribution is 0.387. The Morgan fingerprint density at radius 2 is 2.00 bits per heavy atom. The monoisotopic (exact) mass is 319 g/mol. The molecule has 24 heavy (non-hydrogen) atoms. The fraction of sp³-hybridized carbons (Fsp3) is 0.176. The minimum atomic E-state index is -0.604. The van der Waals surface area contributed by atoms with Crippen LogP contribution in [0.15, 0.2) is 52.2 Å². The molecule has 1 aliphatic carbocycles. The Morgan fingerprint density at radius 1 is 1.12 bits per heavy atom. The standard InChI is InChI=1S/C17H13N5O2/c23-17-20-16(21-24-17)14-8-13(18-9-19-14)10-1-4-15-11(7-10)5-6-22(15)12-2-3-12/h1,4-9,12H,2-3H2,(H,20,21,23). The van der Waals surface area contributed by atoms with Crippen LogP contribution in [0.25, 0.3) is 33.7 Å². The number of H-pyrrole nitrogens is 1. The second-order valence-electron chi connectivity index (χ2n) is 5.96. The van der Waals surface area contributed by atoms with Crippen molar-refractivity contribution in [2.24, 2.45) is 0 Å². The Morgan fingerprint density at radius 3 is 2.79 bits per heavy atom. The lowest BCUT2D eigenvalue weighted by atomic mass is 10.1. The van der Waals surface area contributed by atoms with Gasteiger partial charge in [0.2, 0.25) is 5.82 Å². The molecule has 3 heterocycles. The smallest absolute Gasteiger partial charge is 0.344 e. The van der Waals surface area contributed by atoms with Gasteiger partial charge in [-0.3, -0.25) is 9.51 Å². The Labute approximate surface area is 136 Å². The minimum Gasteiger partial charge on any atom is -0.344 e. The van der Waals surface area contributed by atoms with Crippen LogP contribution < -0.4 is 5.76 Å². The van der Waals surface area contributed by atoms with Gasteiger partial charge >= 0.3 is 5.76 Å². The number of hydrogen-bond acceptors (Lipinski definition) is 5. The molecule has 118 valence electrons. The van der Waals surface area contributed by atoms with Gasteiger partial charge in [0.25, 0.3) is 0 Å². The lowest BCUT2D eigenvalue weighted by Crippen LogP contribution is -1.96. The lowest BCUT2D eigenvalue weighted by Gasteiger charge is -2.05. The normalized spacial score (nSPS) is 14.3. The van der Waals surface area contributed by atoms with E-state index in [4.69, 9.17) is 0 Å². The summed E-state index contributed by atoms with van der Waals surface area (Å²) in [7, 11) is 0. The summed E-state index contributed by atoms with van der Waals surface area (Å²) in [5, 5.41) is 4.85. The van der Waals surface area contributed by atoms with Crippen LogP contribution in [0.2, 0.25) is 0 Å². The molecule has 0 aliphatic heterocycles. The number of rotatable bonds is 3. The van der Waals surface area contributed by atoms with Crippen molar-refractivity contribution in [1.29, 1.82) is 0 Å². The Kier molecular flexibility index (Phi) is 2.70. The summed E-state index contributed by atoms with van der Waals surface area (Å²) >= 11 is 0. The Balaban J connectivity index is 1.58. The zero-order valence-corrected chi connectivity index (χ0v) is 12.6. The molecular weight excluding hydrogens is 306 g/mol. The molecule has 7 heteroatoms. The summed E-state index contributed by atoms with van der Waals surface area (Å²) < 4.78 is 6.87.